The summed E-state index contributed by atoms with van der Waals surface area (Å²) >= 11 is 5.90. The van der Waals surface area contributed by atoms with Crippen molar-refractivity contribution in [2.24, 2.45) is 5.73 Å². The number of rotatable bonds is 4. The Balaban J connectivity index is 2.20. The van der Waals surface area contributed by atoms with Gasteiger partial charge in [-0.25, -0.2) is 14.4 Å². The summed E-state index contributed by atoms with van der Waals surface area (Å²) in [5.74, 6) is -0.0163. The molecule has 0 saturated carbocycles. The zero-order valence-corrected chi connectivity index (χ0v) is 11.1. The molecule has 0 aliphatic rings. The van der Waals surface area contributed by atoms with Gasteiger partial charge in [0.05, 0.1) is 23.9 Å². The van der Waals surface area contributed by atoms with E-state index in [-0.39, 0.29) is 5.02 Å². The first-order chi connectivity index (χ1) is 9.11. The summed E-state index contributed by atoms with van der Waals surface area (Å²) in [5, 5.41) is 0.0963. The normalized spacial score (nSPS) is 12.2. The van der Waals surface area contributed by atoms with Crippen LogP contribution in [-0.4, -0.2) is 17.1 Å². The Morgan fingerprint density at radius 2 is 2.21 bits per heavy atom. The number of nitrogens with two attached hydrogens (primary N) is 1. The molecular weight excluding hydrogens is 269 g/mol. The molecule has 2 N–H and O–H groups in total. The lowest BCUT2D eigenvalue weighted by Gasteiger charge is -2.13. The van der Waals surface area contributed by atoms with Crippen molar-refractivity contribution < 1.29 is 9.13 Å². The fraction of sp³-hybridized carbons (Fsp3) is 0.231. The highest BCUT2D eigenvalue weighted by Crippen LogP contribution is 2.24. The molecule has 1 atom stereocenters. The maximum Gasteiger partial charge on any atom is 0.216 e. The van der Waals surface area contributed by atoms with Gasteiger partial charge in [-0.05, 0) is 18.1 Å². The average Bonchev–Trinajstić information content (AvgIpc) is 2.44. The largest absolute Gasteiger partial charge is 0.481 e. The van der Waals surface area contributed by atoms with Crippen molar-refractivity contribution in [3.8, 4) is 5.88 Å². The molecule has 1 aromatic heterocycles. The molecule has 100 valence electrons. The zero-order valence-electron chi connectivity index (χ0n) is 10.3. The molecule has 2 rings (SSSR count). The van der Waals surface area contributed by atoms with E-state index < -0.39 is 11.9 Å². The van der Waals surface area contributed by atoms with Crippen LogP contribution >= 0.6 is 11.6 Å². The van der Waals surface area contributed by atoms with E-state index in [4.69, 9.17) is 22.1 Å². The first-order valence-electron chi connectivity index (χ1n) is 5.66. The molecule has 1 heterocycles. The van der Waals surface area contributed by atoms with E-state index in [0.717, 1.165) is 0 Å². The lowest BCUT2D eigenvalue weighted by molar-refractivity contribution is 0.395. The number of hydrogen-bond donors (Lipinski definition) is 1. The third kappa shape index (κ3) is 3.19. The second-order valence-electron chi connectivity index (χ2n) is 4.01. The SMILES string of the molecule is COc1cc(C(N)Cc2cccc(F)c2Cl)ncn1. The van der Waals surface area contributed by atoms with Gasteiger partial charge >= 0.3 is 0 Å². The second kappa shape index (κ2) is 5.95. The molecule has 0 bridgehead atoms. The van der Waals surface area contributed by atoms with Crippen LogP contribution in [0.25, 0.3) is 0 Å². The van der Waals surface area contributed by atoms with E-state index in [9.17, 15) is 4.39 Å². The fourth-order valence-corrected chi connectivity index (χ4v) is 1.92. The van der Waals surface area contributed by atoms with Crippen molar-refractivity contribution in [1.29, 1.82) is 0 Å². The zero-order chi connectivity index (χ0) is 13.8. The smallest absolute Gasteiger partial charge is 0.216 e. The number of nitrogens with zero attached hydrogens (tertiary/aromatic N) is 2. The lowest BCUT2D eigenvalue weighted by Crippen LogP contribution is -2.15. The van der Waals surface area contributed by atoms with Crippen LogP contribution in [0.3, 0.4) is 0 Å². The maximum absolute atomic E-state index is 13.3. The predicted molar refractivity (Wildman–Crippen MR) is 70.6 cm³/mol. The van der Waals surface area contributed by atoms with E-state index in [1.54, 1.807) is 18.2 Å². The summed E-state index contributed by atoms with van der Waals surface area (Å²) in [7, 11) is 1.51. The Bertz CT molecular complexity index is 580. The molecule has 0 amide bonds. The highest BCUT2D eigenvalue weighted by molar-refractivity contribution is 6.31. The van der Waals surface area contributed by atoms with Crippen molar-refractivity contribution in [3.05, 3.63) is 52.7 Å². The number of hydrogen-bond acceptors (Lipinski definition) is 4. The minimum absolute atomic E-state index is 0.0963. The Labute approximate surface area is 115 Å². The summed E-state index contributed by atoms with van der Waals surface area (Å²) in [4.78, 5) is 7.99. The molecule has 4 nitrogen and oxygen atoms in total. The molecule has 19 heavy (non-hydrogen) atoms. The van der Waals surface area contributed by atoms with Gasteiger partial charge < -0.3 is 10.5 Å². The quantitative estimate of drug-likeness (QED) is 0.935. The molecule has 0 spiro atoms. The van der Waals surface area contributed by atoms with Crippen LogP contribution in [0.15, 0.2) is 30.6 Å². The molecule has 0 aliphatic heterocycles. The summed E-state index contributed by atoms with van der Waals surface area (Å²) in [6.07, 6.45) is 1.76. The summed E-state index contributed by atoms with van der Waals surface area (Å²) in [6, 6.07) is 5.90. The predicted octanol–water partition coefficient (Wildman–Crippen LogP) is 2.52. The molecule has 6 heteroatoms. The van der Waals surface area contributed by atoms with Crippen LogP contribution in [0.4, 0.5) is 4.39 Å². The average molecular weight is 282 g/mol. The van der Waals surface area contributed by atoms with Gasteiger partial charge in [0.1, 0.15) is 12.1 Å². The van der Waals surface area contributed by atoms with Gasteiger partial charge in [-0.3, -0.25) is 0 Å². The summed E-state index contributed by atoms with van der Waals surface area (Å²) < 4.78 is 18.3. The first kappa shape index (κ1) is 13.7. The monoisotopic (exact) mass is 281 g/mol. The van der Waals surface area contributed by atoms with E-state index >= 15 is 0 Å². The van der Waals surface area contributed by atoms with Crippen LogP contribution in [0.5, 0.6) is 5.88 Å². The van der Waals surface area contributed by atoms with Crippen molar-refractivity contribution >= 4 is 11.6 Å². The van der Waals surface area contributed by atoms with Gasteiger partial charge in [0.15, 0.2) is 0 Å². The van der Waals surface area contributed by atoms with Gasteiger partial charge in [-0.2, -0.15) is 0 Å². The molecule has 0 saturated heterocycles. The van der Waals surface area contributed by atoms with Gasteiger partial charge in [-0.15, -0.1) is 0 Å². The van der Waals surface area contributed by atoms with Gasteiger partial charge in [0, 0.05) is 6.07 Å². The van der Waals surface area contributed by atoms with Crippen LogP contribution < -0.4 is 10.5 Å². The number of aromatic nitrogens is 2. The molecular formula is C13H13ClFN3O. The van der Waals surface area contributed by atoms with Crippen LogP contribution in [0, 0.1) is 5.82 Å². The Morgan fingerprint density at radius 3 is 2.95 bits per heavy atom. The van der Waals surface area contributed by atoms with Crippen molar-refractivity contribution in [2.45, 2.75) is 12.5 Å². The fourth-order valence-electron chi connectivity index (χ4n) is 1.72. The molecule has 2 aromatic rings. The minimum atomic E-state index is -0.452. The Hall–Kier alpha value is -1.72. The molecule has 0 fully saturated rings. The third-order valence-corrected chi connectivity index (χ3v) is 3.15. The van der Waals surface area contributed by atoms with Gasteiger partial charge in [0.2, 0.25) is 5.88 Å². The highest BCUT2D eigenvalue weighted by atomic mass is 35.5. The van der Waals surface area contributed by atoms with E-state index in [0.29, 0.717) is 23.6 Å². The number of halogens is 2. The number of ether oxygens (including phenoxy) is 1. The molecule has 1 aromatic carbocycles. The van der Waals surface area contributed by atoms with Crippen molar-refractivity contribution in [3.63, 3.8) is 0 Å². The Morgan fingerprint density at radius 1 is 1.42 bits per heavy atom. The van der Waals surface area contributed by atoms with Gasteiger partial charge in [-0.1, -0.05) is 23.7 Å². The molecule has 0 radical (unpaired) electrons. The molecule has 0 aliphatic carbocycles. The summed E-state index contributed by atoms with van der Waals surface area (Å²) in [5.41, 5.74) is 7.31. The minimum Gasteiger partial charge on any atom is -0.481 e. The van der Waals surface area contributed by atoms with Crippen molar-refractivity contribution in [2.75, 3.05) is 7.11 Å². The van der Waals surface area contributed by atoms with E-state index in [1.807, 2.05) is 0 Å². The summed E-state index contributed by atoms with van der Waals surface area (Å²) in [6.45, 7) is 0. The van der Waals surface area contributed by atoms with E-state index in [2.05, 4.69) is 9.97 Å². The van der Waals surface area contributed by atoms with Gasteiger partial charge in [0.25, 0.3) is 0 Å². The van der Waals surface area contributed by atoms with Crippen LogP contribution in [-0.2, 0) is 6.42 Å². The van der Waals surface area contributed by atoms with Crippen LogP contribution in [0.2, 0.25) is 5.02 Å². The maximum atomic E-state index is 13.3. The highest BCUT2D eigenvalue weighted by Gasteiger charge is 2.13. The molecule has 1 unspecified atom stereocenters. The second-order valence-corrected chi connectivity index (χ2v) is 4.39. The van der Waals surface area contributed by atoms with Crippen LogP contribution in [0.1, 0.15) is 17.3 Å². The Kier molecular flexibility index (Phi) is 4.29. The lowest BCUT2D eigenvalue weighted by atomic mass is 10.0. The first-order valence-corrected chi connectivity index (χ1v) is 6.04. The number of methoxy groups -OCH3 is 1. The number of benzene rings is 1. The third-order valence-electron chi connectivity index (χ3n) is 2.72. The topological polar surface area (TPSA) is 61.0 Å². The van der Waals surface area contributed by atoms with E-state index in [1.165, 1.54) is 19.5 Å². The van der Waals surface area contributed by atoms with Crippen molar-refractivity contribution in [1.82, 2.24) is 9.97 Å². The standard InChI is InChI=1S/C13H13ClFN3O/c1-19-12-6-11(17-7-18-12)10(16)5-8-3-2-4-9(15)13(8)14/h2-4,6-7,10H,5,16H2,1H3.